The summed E-state index contributed by atoms with van der Waals surface area (Å²) in [6.07, 6.45) is 0. The summed E-state index contributed by atoms with van der Waals surface area (Å²) >= 11 is 0. The number of hydrogen-bond donors (Lipinski definition) is 3. The Labute approximate surface area is 96.5 Å². The quantitative estimate of drug-likeness (QED) is 0.722. The van der Waals surface area contributed by atoms with E-state index in [1.807, 2.05) is 44.2 Å². The van der Waals surface area contributed by atoms with Gasteiger partial charge < -0.3 is 16.2 Å². The number of likely N-dealkylation sites (N-methyl/N-ethyl adjacent to an activating group) is 1. The van der Waals surface area contributed by atoms with Crippen molar-refractivity contribution in [1.29, 1.82) is 0 Å². The molecule has 0 saturated heterocycles. The van der Waals surface area contributed by atoms with Crippen molar-refractivity contribution in [2.24, 2.45) is 5.73 Å². The molecule has 0 aliphatic heterocycles. The van der Waals surface area contributed by atoms with Gasteiger partial charge in [0.1, 0.15) is 6.04 Å². The van der Waals surface area contributed by atoms with Gasteiger partial charge in [-0.05, 0) is 12.6 Å². The predicted molar refractivity (Wildman–Crippen MR) is 65.2 cm³/mol. The maximum absolute atomic E-state index is 10.8. The van der Waals surface area contributed by atoms with Crippen molar-refractivity contribution in [2.75, 3.05) is 7.05 Å². The van der Waals surface area contributed by atoms with Crippen LogP contribution in [0.2, 0.25) is 0 Å². The summed E-state index contributed by atoms with van der Waals surface area (Å²) in [5.41, 5.74) is 6.62. The van der Waals surface area contributed by atoms with E-state index in [2.05, 4.69) is 5.32 Å². The molecule has 90 valence electrons. The molecule has 0 amide bonds. The van der Waals surface area contributed by atoms with E-state index in [1.165, 1.54) is 0 Å². The average molecular weight is 224 g/mol. The second kappa shape index (κ2) is 7.84. The van der Waals surface area contributed by atoms with Gasteiger partial charge in [-0.1, -0.05) is 44.2 Å². The van der Waals surface area contributed by atoms with Crippen molar-refractivity contribution in [3.8, 4) is 0 Å². The van der Waals surface area contributed by atoms with E-state index < -0.39 is 18.1 Å². The van der Waals surface area contributed by atoms with E-state index in [4.69, 9.17) is 10.8 Å². The first-order valence-electron chi connectivity index (χ1n) is 5.37. The number of aliphatic carboxylic acids is 1. The molecule has 0 saturated carbocycles. The van der Waals surface area contributed by atoms with Crippen LogP contribution in [0.4, 0.5) is 0 Å². The fourth-order valence-electron chi connectivity index (χ4n) is 1.32. The van der Waals surface area contributed by atoms with Gasteiger partial charge in [-0.15, -0.1) is 0 Å². The van der Waals surface area contributed by atoms with Crippen LogP contribution in [0.15, 0.2) is 30.3 Å². The molecule has 0 bridgehead atoms. The van der Waals surface area contributed by atoms with Gasteiger partial charge in [0.2, 0.25) is 0 Å². The number of hydrogen-bond acceptors (Lipinski definition) is 3. The van der Waals surface area contributed by atoms with Gasteiger partial charge in [0.05, 0.1) is 6.04 Å². The Kier molecular flexibility index (Phi) is 7.16. The maximum atomic E-state index is 10.8. The highest BCUT2D eigenvalue weighted by molar-refractivity contribution is 5.74. The SMILES string of the molecule is CC.CNC(C(=O)O)C(N)c1ccccc1. The summed E-state index contributed by atoms with van der Waals surface area (Å²) in [6.45, 7) is 4.00. The topological polar surface area (TPSA) is 75.3 Å². The van der Waals surface area contributed by atoms with Gasteiger partial charge in [0.15, 0.2) is 0 Å². The van der Waals surface area contributed by atoms with Crippen molar-refractivity contribution in [3.05, 3.63) is 35.9 Å². The van der Waals surface area contributed by atoms with E-state index in [0.29, 0.717) is 0 Å². The highest BCUT2D eigenvalue weighted by atomic mass is 16.4. The Morgan fingerprint density at radius 2 is 1.81 bits per heavy atom. The summed E-state index contributed by atoms with van der Waals surface area (Å²) < 4.78 is 0. The van der Waals surface area contributed by atoms with Crippen LogP contribution in [0.3, 0.4) is 0 Å². The van der Waals surface area contributed by atoms with E-state index >= 15 is 0 Å². The van der Waals surface area contributed by atoms with Crippen LogP contribution in [-0.2, 0) is 4.79 Å². The van der Waals surface area contributed by atoms with Crippen LogP contribution in [0.1, 0.15) is 25.5 Å². The molecule has 0 aromatic heterocycles. The molecule has 0 aliphatic rings. The van der Waals surface area contributed by atoms with Crippen molar-refractivity contribution in [2.45, 2.75) is 25.9 Å². The molecule has 4 nitrogen and oxygen atoms in total. The molecule has 2 atom stereocenters. The van der Waals surface area contributed by atoms with Gasteiger partial charge in [-0.2, -0.15) is 0 Å². The lowest BCUT2D eigenvalue weighted by atomic mass is 10.0. The van der Waals surface area contributed by atoms with Crippen molar-refractivity contribution < 1.29 is 9.90 Å². The zero-order valence-electron chi connectivity index (χ0n) is 9.97. The molecular formula is C12H20N2O2. The number of carbonyl (C=O) groups is 1. The zero-order chi connectivity index (χ0) is 12.6. The molecule has 0 aliphatic carbocycles. The number of rotatable bonds is 4. The molecule has 1 aromatic carbocycles. The third-order valence-electron chi connectivity index (χ3n) is 2.12. The Morgan fingerprint density at radius 3 is 2.19 bits per heavy atom. The van der Waals surface area contributed by atoms with Crippen molar-refractivity contribution in [1.82, 2.24) is 5.32 Å². The summed E-state index contributed by atoms with van der Waals surface area (Å²) in [6, 6.07) is 7.89. The van der Waals surface area contributed by atoms with Crippen molar-refractivity contribution in [3.63, 3.8) is 0 Å². The first kappa shape index (κ1) is 14.6. The Morgan fingerprint density at radius 1 is 1.31 bits per heavy atom. The van der Waals surface area contributed by atoms with E-state index in [-0.39, 0.29) is 0 Å². The molecule has 2 unspecified atom stereocenters. The molecule has 4 N–H and O–H groups in total. The average Bonchev–Trinajstić information content (AvgIpc) is 2.33. The Balaban J connectivity index is 0.00000106. The number of benzene rings is 1. The lowest BCUT2D eigenvalue weighted by Gasteiger charge is -2.19. The number of nitrogens with one attached hydrogen (secondary N) is 1. The Bertz CT molecular complexity index is 301. The minimum atomic E-state index is -0.941. The van der Waals surface area contributed by atoms with Crippen LogP contribution in [0.5, 0.6) is 0 Å². The standard InChI is InChI=1S/C10H14N2O2.C2H6/c1-12-9(10(13)14)8(11)7-5-3-2-4-6-7;1-2/h2-6,8-9,12H,11H2,1H3,(H,13,14);1-2H3. The molecule has 1 aromatic rings. The van der Waals surface area contributed by atoms with Crippen LogP contribution in [0, 0.1) is 0 Å². The Hall–Kier alpha value is -1.39. The molecule has 0 heterocycles. The van der Waals surface area contributed by atoms with Gasteiger partial charge in [0.25, 0.3) is 0 Å². The van der Waals surface area contributed by atoms with Crippen LogP contribution in [-0.4, -0.2) is 24.2 Å². The van der Waals surface area contributed by atoms with E-state index in [9.17, 15) is 4.79 Å². The smallest absolute Gasteiger partial charge is 0.322 e. The van der Waals surface area contributed by atoms with Crippen LogP contribution in [0.25, 0.3) is 0 Å². The molecule has 0 spiro atoms. The third kappa shape index (κ3) is 4.00. The largest absolute Gasteiger partial charge is 0.480 e. The fraction of sp³-hybridized carbons (Fsp3) is 0.417. The molecule has 1 rings (SSSR count). The van der Waals surface area contributed by atoms with E-state index in [0.717, 1.165) is 5.56 Å². The van der Waals surface area contributed by atoms with Crippen LogP contribution >= 0.6 is 0 Å². The normalized spacial score (nSPS) is 13.2. The summed E-state index contributed by atoms with van der Waals surface area (Å²) in [4.78, 5) is 10.8. The van der Waals surface area contributed by atoms with Crippen LogP contribution < -0.4 is 11.1 Å². The first-order chi connectivity index (χ1) is 7.66. The number of carboxylic acids is 1. The highest BCUT2D eigenvalue weighted by Gasteiger charge is 2.24. The predicted octanol–water partition coefficient (Wildman–Crippen LogP) is 1.39. The molecule has 4 heteroatoms. The summed E-state index contributed by atoms with van der Waals surface area (Å²) in [5, 5.41) is 11.5. The molecule has 0 radical (unpaired) electrons. The van der Waals surface area contributed by atoms with Crippen molar-refractivity contribution >= 4 is 5.97 Å². The molecule has 16 heavy (non-hydrogen) atoms. The lowest BCUT2D eigenvalue weighted by molar-refractivity contribution is -0.139. The fourth-order valence-corrected chi connectivity index (χ4v) is 1.32. The minimum absolute atomic E-state index is 0.529. The molecule has 0 fully saturated rings. The number of nitrogens with two attached hydrogens (primary N) is 1. The van der Waals surface area contributed by atoms with Gasteiger partial charge in [-0.25, -0.2) is 0 Å². The zero-order valence-corrected chi connectivity index (χ0v) is 9.97. The minimum Gasteiger partial charge on any atom is -0.480 e. The number of carboxylic acid groups (broad SMARTS) is 1. The second-order valence-electron chi connectivity index (χ2n) is 3.04. The summed E-state index contributed by atoms with van der Waals surface area (Å²) in [5.74, 6) is -0.941. The lowest BCUT2D eigenvalue weighted by Crippen LogP contribution is -2.43. The highest BCUT2D eigenvalue weighted by Crippen LogP contribution is 2.13. The molecular weight excluding hydrogens is 204 g/mol. The third-order valence-corrected chi connectivity index (χ3v) is 2.12. The van der Waals surface area contributed by atoms with Gasteiger partial charge in [-0.3, -0.25) is 4.79 Å². The monoisotopic (exact) mass is 224 g/mol. The first-order valence-corrected chi connectivity index (χ1v) is 5.37. The van der Waals surface area contributed by atoms with E-state index in [1.54, 1.807) is 7.05 Å². The van der Waals surface area contributed by atoms with Gasteiger partial charge in [0, 0.05) is 0 Å². The van der Waals surface area contributed by atoms with Gasteiger partial charge >= 0.3 is 5.97 Å². The maximum Gasteiger partial charge on any atom is 0.322 e. The second-order valence-corrected chi connectivity index (χ2v) is 3.04. The summed E-state index contributed by atoms with van der Waals surface area (Å²) in [7, 11) is 1.58.